The maximum absolute atomic E-state index is 5.65. The van der Waals surface area contributed by atoms with Crippen LogP contribution in [-0.4, -0.2) is 14.5 Å². The third-order valence-corrected chi connectivity index (χ3v) is 2.46. The Hall–Kier alpha value is -1.55. The van der Waals surface area contributed by atoms with Crippen LogP contribution in [0.2, 0.25) is 0 Å². The lowest BCUT2D eigenvalue weighted by atomic mass is 10.2. The molecule has 0 fully saturated rings. The van der Waals surface area contributed by atoms with E-state index in [-0.39, 0.29) is 0 Å². The van der Waals surface area contributed by atoms with Gasteiger partial charge in [-0.3, -0.25) is 0 Å². The highest BCUT2D eigenvalue weighted by Crippen LogP contribution is 2.23. The molecule has 0 aliphatic carbocycles. The molecule has 2 heterocycles. The number of aromatic amines is 1. The SMILES string of the molecule is Cc1nc(CN)c(-c2cc[nH]c2)n1C. The normalized spacial score (nSPS) is 10.8. The van der Waals surface area contributed by atoms with E-state index in [0.717, 1.165) is 22.8 Å². The highest BCUT2D eigenvalue weighted by Gasteiger charge is 2.12. The van der Waals surface area contributed by atoms with Crippen molar-refractivity contribution < 1.29 is 0 Å². The van der Waals surface area contributed by atoms with Crippen molar-refractivity contribution in [2.45, 2.75) is 13.5 Å². The fourth-order valence-electron chi connectivity index (χ4n) is 1.65. The van der Waals surface area contributed by atoms with Gasteiger partial charge in [-0.15, -0.1) is 0 Å². The Morgan fingerprint density at radius 1 is 1.57 bits per heavy atom. The zero-order chi connectivity index (χ0) is 10.1. The van der Waals surface area contributed by atoms with Crippen LogP contribution in [0.3, 0.4) is 0 Å². The average molecular weight is 190 g/mol. The molecular formula is C10H14N4. The van der Waals surface area contributed by atoms with Crippen LogP contribution in [0.5, 0.6) is 0 Å². The number of hydrogen-bond donors (Lipinski definition) is 2. The third-order valence-electron chi connectivity index (χ3n) is 2.46. The summed E-state index contributed by atoms with van der Waals surface area (Å²) < 4.78 is 2.06. The van der Waals surface area contributed by atoms with Gasteiger partial charge in [0, 0.05) is 31.5 Å². The van der Waals surface area contributed by atoms with E-state index in [1.54, 1.807) is 0 Å². The minimum atomic E-state index is 0.474. The molecule has 4 heteroatoms. The summed E-state index contributed by atoms with van der Waals surface area (Å²) in [6, 6.07) is 2.02. The summed E-state index contributed by atoms with van der Waals surface area (Å²) >= 11 is 0. The van der Waals surface area contributed by atoms with Crippen LogP contribution in [0.4, 0.5) is 0 Å². The van der Waals surface area contributed by atoms with Gasteiger partial charge >= 0.3 is 0 Å². The fourth-order valence-corrected chi connectivity index (χ4v) is 1.65. The molecule has 3 N–H and O–H groups in total. The van der Waals surface area contributed by atoms with Crippen molar-refractivity contribution in [1.29, 1.82) is 0 Å². The Balaban J connectivity index is 2.61. The maximum Gasteiger partial charge on any atom is 0.106 e. The minimum Gasteiger partial charge on any atom is -0.367 e. The second kappa shape index (κ2) is 3.31. The van der Waals surface area contributed by atoms with Gasteiger partial charge in [0.25, 0.3) is 0 Å². The molecule has 4 nitrogen and oxygen atoms in total. The van der Waals surface area contributed by atoms with Crippen LogP contribution in [0.15, 0.2) is 18.5 Å². The molecule has 2 aromatic heterocycles. The Bertz CT molecular complexity index is 425. The van der Waals surface area contributed by atoms with Gasteiger partial charge in [-0.1, -0.05) is 0 Å². The summed E-state index contributed by atoms with van der Waals surface area (Å²) in [7, 11) is 2.00. The van der Waals surface area contributed by atoms with E-state index in [9.17, 15) is 0 Å². The lowest BCUT2D eigenvalue weighted by molar-refractivity contribution is 0.865. The zero-order valence-electron chi connectivity index (χ0n) is 8.41. The van der Waals surface area contributed by atoms with Crippen molar-refractivity contribution >= 4 is 0 Å². The number of aromatic nitrogens is 3. The Kier molecular flexibility index (Phi) is 2.13. The number of imidazole rings is 1. The van der Waals surface area contributed by atoms with Crippen molar-refractivity contribution in [2.75, 3.05) is 0 Å². The predicted octanol–water partition coefficient (Wildman–Crippen LogP) is 1.18. The van der Waals surface area contributed by atoms with Crippen molar-refractivity contribution in [3.8, 4) is 11.3 Å². The third kappa shape index (κ3) is 1.24. The second-order valence-electron chi connectivity index (χ2n) is 3.32. The van der Waals surface area contributed by atoms with Gasteiger partial charge in [0.2, 0.25) is 0 Å². The highest BCUT2D eigenvalue weighted by molar-refractivity contribution is 5.62. The molecule has 0 bridgehead atoms. The summed E-state index contributed by atoms with van der Waals surface area (Å²) in [6.45, 7) is 2.46. The topological polar surface area (TPSA) is 59.6 Å². The number of nitrogens with two attached hydrogens (primary N) is 1. The Labute approximate surface area is 82.8 Å². The van der Waals surface area contributed by atoms with Gasteiger partial charge in [-0.05, 0) is 13.0 Å². The molecule has 2 aromatic rings. The molecule has 0 aromatic carbocycles. The molecule has 0 aliphatic rings. The standard InChI is InChI=1S/C10H14N4/c1-7-13-9(5-11)10(14(7)2)8-3-4-12-6-8/h3-4,6,12H,5,11H2,1-2H3. The molecule has 74 valence electrons. The van der Waals surface area contributed by atoms with Crippen LogP contribution >= 0.6 is 0 Å². The maximum atomic E-state index is 5.65. The highest BCUT2D eigenvalue weighted by atomic mass is 15.1. The number of nitrogens with zero attached hydrogens (tertiary/aromatic N) is 2. The number of aryl methyl sites for hydroxylation is 1. The molecule has 0 amide bonds. The smallest absolute Gasteiger partial charge is 0.106 e. The molecule has 0 atom stereocenters. The molecule has 0 aliphatic heterocycles. The summed E-state index contributed by atoms with van der Waals surface area (Å²) in [5.41, 5.74) is 8.84. The molecular weight excluding hydrogens is 176 g/mol. The predicted molar refractivity (Wildman–Crippen MR) is 55.6 cm³/mol. The van der Waals surface area contributed by atoms with Crippen LogP contribution in [0.25, 0.3) is 11.3 Å². The quantitative estimate of drug-likeness (QED) is 0.747. The number of rotatable bonds is 2. The first-order valence-electron chi connectivity index (χ1n) is 4.59. The van der Waals surface area contributed by atoms with Gasteiger partial charge in [-0.25, -0.2) is 4.98 Å². The van der Waals surface area contributed by atoms with Crippen LogP contribution in [0.1, 0.15) is 11.5 Å². The monoisotopic (exact) mass is 190 g/mol. The van der Waals surface area contributed by atoms with Gasteiger partial charge in [0.1, 0.15) is 5.82 Å². The number of hydrogen-bond acceptors (Lipinski definition) is 2. The Morgan fingerprint density at radius 3 is 2.93 bits per heavy atom. The van der Waals surface area contributed by atoms with Gasteiger partial charge in [0.05, 0.1) is 11.4 Å². The molecule has 0 spiro atoms. The first kappa shape index (κ1) is 9.02. The fraction of sp³-hybridized carbons (Fsp3) is 0.300. The number of H-pyrrole nitrogens is 1. The summed E-state index contributed by atoms with van der Waals surface area (Å²) in [4.78, 5) is 7.44. The molecule has 0 saturated carbocycles. The largest absolute Gasteiger partial charge is 0.367 e. The average Bonchev–Trinajstić information content (AvgIpc) is 2.76. The van der Waals surface area contributed by atoms with E-state index >= 15 is 0 Å². The van der Waals surface area contributed by atoms with Crippen molar-refractivity contribution in [2.24, 2.45) is 12.8 Å². The van der Waals surface area contributed by atoms with Crippen molar-refractivity contribution in [1.82, 2.24) is 14.5 Å². The molecule has 14 heavy (non-hydrogen) atoms. The van der Waals surface area contributed by atoms with Gasteiger partial charge in [0.15, 0.2) is 0 Å². The van der Waals surface area contributed by atoms with Crippen LogP contribution < -0.4 is 5.73 Å². The van der Waals surface area contributed by atoms with Gasteiger partial charge < -0.3 is 15.3 Å². The van der Waals surface area contributed by atoms with Crippen LogP contribution in [-0.2, 0) is 13.6 Å². The summed E-state index contributed by atoms with van der Waals surface area (Å²) in [5.74, 6) is 0.988. The second-order valence-corrected chi connectivity index (χ2v) is 3.32. The lowest BCUT2D eigenvalue weighted by Gasteiger charge is -2.02. The molecule has 0 saturated heterocycles. The molecule has 0 radical (unpaired) electrons. The summed E-state index contributed by atoms with van der Waals surface area (Å²) in [5, 5.41) is 0. The molecule has 2 rings (SSSR count). The van der Waals surface area contributed by atoms with E-state index < -0.39 is 0 Å². The van der Waals surface area contributed by atoms with E-state index in [0.29, 0.717) is 6.54 Å². The van der Waals surface area contributed by atoms with E-state index in [2.05, 4.69) is 14.5 Å². The summed E-state index contributed by atoms with van der Waals surface area (Å²) in [6.07, 6.45) is 3.85. The molecule has 0 unspecified atom stereocenters. The van der Waals surface area contributed by atoms with Crippen molar-refractivity contribution in [3.05, 3.63) is 30.0 Å². The van der Waals surface area contributed by atoms with Gasteiger partial charge in [-0.2, -0.15) is 0 Å². The zero-order valence-corrected chi connectivity index (χ0v) is 8.41. The number of nitrogens with one attached hydrogen (secondary N) is 1. The van der Waals surface area contributed by atoms with Crippen LogP contribution in [0, 0.1) is 6.92 Å². The van der Waals surface area contributed by atoms with E-state index in [1.165, 1.54) is 0 Å². The first-order valence-corrected chi connectivity index (χ1v) is 4.59. The first-order chi connectivity index (χ1) is 6.74. The van der Waals surface area contributed by atoms with E-state index in [1.807, 2.05) is 32.4 Å². The lowest BCUT2D eigenvalue weighted by Crippen LogP contribution is -2.00. The minimum absolute atomic E-state index is 0.474. The van der Waals surface area contributed by atoms with Crippen molar-refractivity contribution in [3.63, 3.8) is 0 Å². The Morgan fingerprint density at radius 2 is 2.36 bits per heavy atom. The van der Waals surface area contributed by atoms with E-state index in [4.69, 9.17) is 5.73 Å².